The second-order valence-corrected chi connectivity index (χ2v) is 4.40. The molecule has 70 valence electrons. The van der Waals surface area contributed by atoms with Crippen LogP contribution in [0.5, 0.6) is 0 Å². The first-order valence-corrected chi connectivity index (χ1v) is 5.62. The summed E-state index contributed by atoms with van der Waals surface area (Å²) in [4.78, 5) is 0. The average molecular weight is 240 g/mol. The van der Waals surface area contributed by atoms with Crippen molar-refractivity contribution >= 4 is 15.9 Å². The van der Waals surface area contributed by atoms with E-state index in [1.54, 1.807) is 0 Å². The SMILES string of the molecule is Brc1ccccc1C1CCNCC1. The molecule has 0 spiro atoms. The van der Waals surface area contributed by atoms with Gasteiger partial charge in [0.2, 0.25) is 0 Å². The molecule has 13 heavy (non-hydrogen) atoms. The first kappa shape index (κ1) is 9.22. The number of hydrogen-bond donors (Lipinski definition) is 1. The average Bonchev–Trinajstić information content (AvgIpc) is 2.20. The summed E-state index contributed by atoms with van der Waals surface area (Å²) in [5, 5.41) is 3.39. The van der Waals surface area contributed by atoms with Crippen molar-refractivity contribution in [3.8, 4) is 0 Å². The monoisotopic (exact) mass is 239 g/mol. The lowest BCUT2D eigenvalue weighted by atomic mass is 9.90. The van der Waals surface area contributed by atoms with E-state index in [-0.39, 0.29) is 0 Å². The zero-order valence-corrected chi connectivity index (χ0v) is 9.18. The Morgan fingerprint density at radius 3 is 2.54 bits per heavy atom. The standard InChI is InChI=1S/C11H14BrN/c12-11-4-2-1-3-10(11)9-5-7-13-8-6-9/h1-4,9,13H,5-8H2. The first-order chi connectivity index (χ1) is 6.38. The van der Waals surface area contributed by atoms with Gasteiger partial charge in [0.25, 0.3) is 0 Å². The zero-order valence-electron chi connectivity index (χ0n) is 7.59. The molecule has 1 N–H and O–H groups in total. The largest absolute Gasteiger partial charge is 0.317 e. The molecule has 0 aromatic heterocycles. The van der Waals surface area contributed by atoms with Crippen LogP contribution in [0.3, 0.4) is 0 Å². The van der Waals surface area contributed by atoms with Crippen LogP contribution in [-0.4, -0.2) is 13.1 Å². The van der Waals surface area contributed by atoms with Crippen molar-refractivity contribution in [1.82, 2.24) is 5.32 Å². The number of halogens is 1. The van der Waals surface area contributed by atoms with E-state index < -0.39 is 0 Å². The Kier molecular flexibility index (Phi) is 3.01. The summed E-state index contributed by atoms with van der Waals surface area (Å²) in [5.41, 5.74) is 1.48. The highest BCUT2D eigenvalue weighted by Crippen LogP contribution is 2.30. The van der Waals surface area contributed by atoms with E-state index in [9.17, 15) is 0 Å². The van der Waals surface area contributed by atoms with Gasteiger partial charge in [-0.3, -0.25) is 0 Å². The van der Waals surface area contributed by atoms with Crippen molar-refractivity contribution in [3.05, 3.63) is 34.3 Å². The summed E-state index contributed by atoms with van der Waals surface area (Å²) in [6, 6.07) is 8.58. The molecule has 1 fully saturated rings. The molecule has 2 rings (SSSR count). The van der Waals surface area contributed by atoms with Gasteiger partial charge in [0, 0.05) is 4.47 Å². The van der Waals surface area contributed by atoms with E-state index in [4.69, 9.17) is 0 Å². The van der Waals surface area contributed by atoms with E-state index in [1.807, 2.05) is 0 Å². The van der Waals surface area contributed by atoms with Gasteiger partial charge in [-0.05, 0) is 43.5 Å². The van der Waals surface area contributed by atoms with Crippen LogP contribution in [0.15, 0.2) is 28.7 Å². The molecule has 1 saturated heterocycles. The molecule has 1 aromatic rings. The van der Waals surface area contributed by atoms with E-state index >= 15 is 0 Å². The minimum atomic E-state index is 0.747. The molecule has 0 atom stereocenters. The molecular weight excluding hydrogens is 226 g/mol. The Balaban J connectivity index is 2.18. The number of rotatable bonds is 1. The Bertz CT molecular complexity index is 279. The van der Waals surface area contributed by atoms with Crippen LogP contribution in [0.2, 0.25) is 0 Å². The van der Waals surface area contributed by atoms with Crippen LogP contribution in [0.4, 0.5) is 0 Å². The molecule has 0 saturated carbocycles. The number of nitrogens with one attached hydrogen (secondary N) is 1. The molecule has 0 radical (unpaired) electrons. The number of piperidine rings is 1. The van der Waals surface area contributed by atoms with Gasteiger partial charge in [-0.2, -0.15) is 0 Å². The molecule has 1 nitrogen and oxygen atoms in total. The van der Waals surface area contributed by atoms with Crippen LogP contribution < -0.4 is 5.32 Å². The molecule has 1 aromatic carbocycles. The summed E-state index contributed by atoms with van der Waals surface area (Å²) in [6.45, 7) is 2.32. The third-order valence-electron chi connectivity index (χ3n) is 2.68. The van der Waals surface area contributed by atoms with Crippen molar-refractivity contribution in [1.29, 1.82) is 0 Å². The van der Waals surface area contributed by atoms with Gasteiger partial charge in [-0.1, -0.05) is 34.1 Å². The van der Waals surface area contributed by atoms with Crippen molar-refractivity contribution in [2.45, 2.75) is 18.8 Å². The van der Waals surface area contributed by atoms with Gasteiger partial charge < -0.3 is 5.32 Å². The minimum Gasteiger partial charge on any atom is -0.317 e. The van der Waals surface area contributed by atoms with Crippen LogP contribution in [0, 0.1) is 0 Å². The predicted octanol–water partition coefficient (Wildman–Crippen LogP) is 2.92. The molecule has 0 unspecified atom stereocenters. The van der Waals surface area contributed by atoms with Crippen molar-refractivity contribution in [2.24, 2.45) is 0 Å². The smallest absolute Gasteiger partial charge is 0.0210 e. The van der Waals surface area contributed by atoms with E-state index in [2.05, 4.69) is 45.5 Å². The maximum absolute atomic E-state index is 3.61. The molecule has 1 aliphatic heterocycles. The third-order valence-corrected chi connectivity index (χ3v) is 3.41. The fraction of sp³-hybridized carbons (Fsp3) is 0.455. The number of hydrogen-bond acceptors (Lipinski definition) is 1. The van der Waals surface area contributed by atoms with E-state index in [1.165, 1.54) is 22.9 Å². The van der Waals surface area contributed by atoms with E-state index in [0.29, 0.717) is 0 Å². The lowest BCUT2D eigenvalue weighted by Gasteiger charge is -2.23. The maximum atomic E-state index is 3.61. The molecule has 1 heterocycles. The maximum Gasteiger partial charge on any atom is 0.0210 e. The minimum absolute atomic E-state index is 0.747. The Labute approximate surface area is 87.7 Å². The van der Waals surface area contributed by atoms with E-state index in [0.717, 1.165) is 19.0 Å². The summed E-state index contributed by atoms with van der Waals surface area (Å²) in [5.74, 6) is 0.747. The molecule has 1 aliphatic rings. The van der Waals surface area contributed by atoms with Crippen molar-refractivity contribution < 1.29 is 0 Å². The summed E-state index contributed by atoms with van der Waals surface area (Å²) in [7, 11) is 0. The lowest BCUT2D eigenvalue weighted by Crippen LogP contribution is -2.26. The van der Waals surface area contributed by atoms with Gasteiger partial charge in [-0.15, -0.1) is 0 Å². The van der Waals surface area contributed by atoms with Crippen LogP contribution in [-0.2, 0) is 0 Å². The highest BCUT2D eigenvalue weighted by Gasteiger charge is 2.16. The fourth-order valence-electron chi connectivity index (χ4n) is 1.94. The van der Waals surface area contributed by atoms with Crippen LogP contribution in [0.25, 0.3) is 0 Å². The lowest BCUT2D eigenvalue weighted by molar-refractivity contribution is 0.459. The van der Waals surface area contributed by atoms with Gasteiger partial charge in [0.15, 0.2) is 0 Å². The normalized spacial score (nSPS) is 18.8. The second-order valence-electron chi connectivity index (χ2n) is 3.55. The Hall–Kier alpha value is -0.340. The highest BCUT2D eigenvalue weighted by atomic mass is 79.9. The molecule has 2 heteroatoms. The van der Waals surface area contributed by atoms with Gasteiger partial charge in [0.1, 0.15) is 0 Å². The Morgan fingerprint density at radius 2 is 1.85 bits per heavy atom. The molecule has 0 aliphatic carbocycles. The van der Waals surface area contributed by atoms with Crippen molar-refractivity contribution in [2.75, 3.05) is 13.1 Å². The summed E-state index contributed by atoms with van der Waals surface area (Å²) in [6.07, 6.45) is 2.53. The highest BCUT2D eigenvalue weighted by molar-refractivity contribution is 9.10. The van der Waals surface area contributed by atoms with Crippen LogP contribution >= 0.6 is 15.9 Å². The topological polar surface area (TPSA) is 12.0 Å². The summed E-state index contributed by atoms with van der Waals surface area (Å²) < 4.78 is 1.27. The van der Waals surface area contributed by atoms with Gasteiger partial charge in [-0.25, -0.2) is 0 Å². The predicted molar refractivity (Wildman–Crippen MR) is 59.0 cm³/mol. The van der Waals surface area contributed by atoms with Gasteiger partial charge in [0.05, 0.1) is 0 Å². The zero-order chi connectivity index (χ0) is 9.10. The molecule has 0 amide bonds. The Morgan fingerprint density at radius 1 is 1.15 bits per heavy atom. The van der Waals surface area contributed by atoms with Crippen LogP contribution in [0.1, 0.15) is 24.3 Å². The summed E-state index contributed by atoms with van der Waals surface area (Å²) >= 11 is 3.61. The fourth-order valence-corrected chi connectivity index (χ4v) is 2.55. The van der Waals surface area contributed by atoms with Gasteiger partial charge >= 0.3 is 0 Å². The molecule has 0 bridgehead atoms. The number of benzene rings is 1. The van der Waals surface area contributed by atoms with Crippen molar-refractivity contribution in [3.63, 3.8) is 0 Å². The molecular formula is C11H14BrN. The first-order valence-electron chi connectivity index (χ1n) is 4.83. The second kappa shape index (κ2) is 4.25. The third kappa shape index (κ3) is 2.12. The quantitative estimate of drug-likeness (QED) is 0.795.